The Morgan fingerprint density at radius 1 is 0.456 bits per heavy atom. The molecule has 8 rings (SSSR count). The summed E-state index contributed by atoms with van der Waals surface area (Å²) in [5.41, 5.74) is 34.1. The van der Waals surface area contributed by atoms with Gasteiger partial charge in [0.25, 0.3) is 0 Å². The van der Waals surface area contributed by atoms with E-state index in [2.05, 4.69) is 30.1 Å². The first-order valence-corrected chi connectivity index (χ1v) is 25.9. The molecule has 0 aromatic heterocycles. The number of esters is 2. The fraction of sp³-hybridized carbons (Fsp3) is 0.439. The summed E-state index contributed by atoms with van der Waals surface area (Å²) in [5, 5.41) is 12.0. The van der Waals surface area contributed by atoms with Crippen LogP contribution in [0.1, 0.15) is 55.0 Å². The van der Waals surface area contributed by atoms with Gasteiger partial charge in [0.2, 0.25) is 0 Å². The van der Waals surface area contributed by atoms with Gasteiger partial charge >= 0.3 is 11.9 Å². The fourth-order valence-corrected chi connectivity index (χ4v) is 9.92. The number of ether oxygens (including phenoxy) is 11. The first-order valence-electron chi connectivity index (χ1n) is 25.9. The van der Waals surface area contributed by atoms with Gasteiger partial charge in [-0.3, -0.25) is 9.59 Å². The molecule has 5 aromatic carbocycles. The Bertz CT molecular complexity index is 2830. The zero-order valence-electron chi connectivity index (χ0n) is 43.9. The minimum absolute atomic E-state index is 0.00112. The molecular formula is C57H63N9O13. The molecule has 0 spiro atoms. The van der Waals surface area contributed by atoms with E-state index < -0.39 is 104 Å². The van der Waals surface area contributed by atoms with Crippen LogP contribution in [0.4, 0.5) is 0 Å². The van der Waals surface area contributed by atoms with Crippen molar-refractivity contribution in [2.75, 3.05) is 6.61 Å². The highest BCUT2D eigenvalue weighted by atomic mass is 16.7. The van der Waals surface area contributed by atoms with Gasteiger partial charge in [-0.05, 0) is 57.8 Å². The average molecular weight is 1080 g/mol. The highest BCUT2D eigenvalue weighted by Gasteiger charge is 2.55. The number of benzene rings is 5. The SMILES string of the molecule is CC(=O)O[C@@H]1[C@@H](OC(C)=O)[C@H](N=[N+]=[N-])C[C@H](N=[N+]=[N-])[C@H]1OC1O[C@H](COC2O[C@@H](C)[C@@H](OCc3ccccc3)[C@H](OCc3ccccc3)[C@@H]2OCc2ccccc2)[C@@H](OCc2ccccc2)[C@H](OCc2ccccc2)[C@H]1N=[N+]=[N-]. The highest BCUT2D eigenvalue weighted by Crippen LogP contribution is 2.38. The molecule has 5 aromatic rings. The molecule has 1 aliphatic carbocycles. The van der Waals surface area contributed by atoms with Crippen molar-refractivity contribution in [1.29, 1.82) is 0 Å². The molecule has 0 bridgehead atoms. The first-order chi connectivity index (χ1) is 38.6. The third-order valence-corrected chi connectivity index (χ3v) is 13.6. The molecule has 0 radical (unpaired) electrons. The molecule has 22 heteroatoms. The van der Waals surface area contributed by atoms with E-state index in [-0.39, 0.29) is 46.1 Å². The van der Waals surface area contributed by atoms with Crippen molar-refractivity contribution in [3.8, 4) is 0 Å². The van der Waals surface area contributed by atoms with Gasteiger partial charge in [-0.2, -0.15) is 0 Å². The lowest BCUT2D eigenvalue weighted by atomic mass is 9.84. The van der Waals surface area contributed by atoms with Crippen LogP contribution in [0.2, 0.25) is 0 Å². The molecule has 2 heterocycles. The van der Waals surface area contributed by atoms with Gasteiger partial charge < -0.3 is 52.1 Å². The number of hydrogen-bond donors (Lipinski definition) is 0. The van der Waals surface area contributed by atoms with Crippen LogP contribution in [-0.2, 0) is 94.7 Å². The van der Waals surface area contributed by atoms with E-state index in [1.54, 1.807) is 0 Å². The maximum Gasteiger partial charge on any atom is 0.303 e. The van der Waals surface area contributed by atoms with Gasteiger partial charge in [0.05, 0.1) is 57.8 Å². The van der Waals surface area contributed by atoms with E-state index in [4.69, 9.17) is 52.1 Å². The second kappa shape index (κ2) is 29.5. The smallest absolute Gasteiger partial charge is 0.303 e. The number of carbonyl (C=O) groups is 2. The Morgan fingerprint density at radius 2 is 0.848 bits per heavy atom. The summed E-state index contributed by atoms with van der Waals surface area (Å²) >= 11 is 0. The number of rotatable bonds is 25. The molecule has 2 aliphatic heterocycles. The summed E-state index contributed by atoms with van der Waals surface area (Å²) in [6.45, 7) is 4.48. The summed E-state index contributed by atoms with van der Waals surface area (Å²) in [5.74, 6) is -1.62. The largest absolute Gasteiger partial charge is 0.458 e. The molecular weight excluding hydrogens is 1020 g/mol. The van der Waals surface area contributed by atoms with Crippen LogP contribution in [-0.4, -0.2) is 110 Å². The van der Waals surface area contributed by atoms with Crippen molar-refractivity contribution in [1.82, 2.24) is 0 Å². The third-order valence-electron chi connectivity index (χ3n) is 13.6. The van der Waals surface area contributed by atoms with E-state index in [0.29, 0.717) is 0 Å². The second-order valence-corrected chi connectivity index (χ2v) is 19.1. The molecule has 414 valence electrons. The van der Waals surface area contributed by atoms with Gasteiger partial charge in [-0.25, -0.2) is 0 Å². The van der Waals surface area contributed by atoms with Gasteiger partial charge in [-0.15, -0.1) is 0 Å². The monoisotopic (exact) mass is 1080 g/mol. The van der Waals surface area contributed by atoms with E-state index in [0.717, 1.165) is 41.7 Å². The Morgan fingerprint density at radius 3 is 1.29 bits per heavy atom. The molecule has 22 nitrogen and oxygen atoms in total. The maximum atomic E-state index is 12.9. The highest BCUT2D eigenvalue weighted by molar-refractivity contribution is 5.67. The lowest BCUT2D eigenvalue weighted by Gasteiger charge is -2.49. The zero-order chi connectivity index (χ0) is 55.3. The number of carbonyl (C=O) groups excluding carboxylic acids is 2. The molecule has 1 saturated carbocycles. The molecule has 3 aliphatic rings. The molecule has 79 heavy (non-hydrogen) atoms. The van der Waals surface area contributed by atoms with Crippen molar-refractivity contribution in [3.05, 3.63) is 211 Å². The summed E-state index contributed by atoms with van der Waals surface area (Å²) < 4.78 is 72.7. The zero-order valence-corrected chi connectivity index (χ0v) is 43.9. The second-order valence-electron chi connectivity index (χ2n) is 19.1. The van der Waals surface area contributed by atoms with Crippen molar-refractivity contribution in [3.63, 3.8) is 0 Å². The van der Waals surface area contributed by atoms with E-state index in [9.17, 15) is 26.2 Å². The lowest BCUT2D eigenvalue weighted by Crippen LogP contribution is -2.65. The summed E-state index contributed by atoms with van der Waals surface area (Å²) in [6.07, 6.45) is -13.8. The molecule has 2 saturated heterocycles. The topological polar surface area (TPSA) is 282 Å². The quantitative estimate of drug-likeness (QED) is 0.0228. The Balaban J connectivity index is 1.18. The number of hydrogen-bond acceptors (Lipinski definition) is 16. The maximum absolute atomic E-state index is 12.9. The van der Waals surface area contributed by atoms with Crippen LogP contribution >= 0.6 is 0 Å². The minimum atomic E-state index is -1.61. The molecule has 0 N–H and O–H groups in total. The summed E-state index contributed by atoms with van der Waals surface area (Å²) in [4.78, 5) is 34.7. The van der Waals surface area contributed by atoms with Crippen LogP contribution < -0.4 is 0 Å². The van der Waals surface area contributed by atoms with Crippen molar-refractivity contribution in [2.24, 2.45) is 15.3 Å². The van der Waals surface area contributed by atoms with Gasteiger partial charge in [0.1, 0.15) is 54.9 Å². The van der Waals surface area contributed by atoms with Crippen LogP contribution in [0.3, 0.4) is 0 Å². The third kappa shape index (κ3) is 16.1. The Kier molecular flexibility index (Phi) is 21.6. The standard InChI is InChI=1S/C57H63N9O13/c1-36-48(69-30-39-19-9-4-10-20-39)53(72-33-42-25-15-7-16-26-42)55(73-34-43-27-17-8-18-28-43)57(75-36)74-35-46-51(70-31-40-21-11-5-12-22-40)52(71-32-41-23-13-6-14-24-41)47(63-66-60)56(78-46)79-50-45(62-65-59)29-44(61-64-58)49(76-37(2)67)54(50)77-38(3)68/h4-28,36,44-57H,29-35H2,1-3H3/t36-,44+,45-,46+,47+,48+,49-,50+,51+,52+,53-,54+,55-,56?,57?/m0/s1. The van der Waals surface area contributed by atoms with E-state index in [1.807, 2.05) is 159 Å². The normalized spacial score (nSPS) is 28.4. The van der Waals surface area contributed by atoms with Crippen molar-refractivity contribution in [2.45, 2.75) is 152 Å². The van der Waals surface area contributed by atoms with E-state index >= 15 is 0 Å². The Labute approximate surface area is 456 Å². The van der Waals surface area contributed by atoms with Crippen molar-refractivity contribution < 1.29 is 61.7 Å². The van der Waals surface area contributed by atoms with Crippen molar-refractivity contribution >= 4 is 11.9 Å². The van der Waals surface area contributed by atoms with E-state index in [1.165, 1.54) is 0 Å². The lowest BCUT2D eigenvalue weighted by molar-refractivity contribution is -0.341. The minimum Gasteiger partial charge on any atom is -0.458 e. The Hall–Kier alpha value is -7.39. The van der Waals surface area contributed by atoms with Crippen LogP contribution in [0.15, 0.2) is 167 Å². The summed E-state index contributed by atoms with van der Waals surface area (Å²) in [6, 6.07) is 44.1. The van der Waals surface area contributed by atoms with Gasteiger partial charge in [-0.1, -0.05) is 167 Å². The summed E-state index contributed by atoms with van der Waals surface area (Å²) in [7, 11) is 0. The van der Waals surface area contributed by atoms with Crippen LogP contribution in [0.5, 0.6) is 0 Å². The van der Waals surface area contributed by atoms with Gasteiger partial charge in [0, 0.05) is 28.6 Å². The number of azide groups is 3. The van der Waals surface area contributed by atoms with Gasteiger partial charge in [0.15, 0.2) is 18.7 Å². The van der Waals surface area contributed by atoms with Crippen LogP contribution in [0.25, 0.3) is 31.3 Å². The predicted molar refractivity (Wildman–Crippen MR) is 283 cm³/mol. The molecule has 0 amide bonds. The predicted octanol–water partition coefficient (Wildman–Crippen LogP) is 10.1. The average Bonchev–Trinajstić information content (AvgIpc) is 3.52. The fourth-order valence-electron chi connectivity index (χ4n) is 9.92. The molecule has 2 unspecified atom stereocenters. The van der Waals surface area contributed by atoms with Crippen LogP contribution in [0, 0.1) is 0 Å². The number of nitrogens with zero attached hydrogens (tertiary/aromatic N) is 9. The first kappa shape index (κ1) is 57.8. The molecule has 3 fully saturated rings. The molecule has 15 atom stereocenters.